The Kier molecular flexibility index (Phi) is 4.62. The average Bonchev–Trinajstić information content (AvgIpc) is 3.19. The summed E-state index contributed by atoms with van der Waals surface area (Å²) >= 11 is 0. The number of hydrogen-bond acceptors (Lipinski definition) is 6. The lowest BCUT2D eigenvalue weighted by atomic mass is 10.0. The van der Waals surface area contributed by atoms with Crippen molar-refractivity contribution in [1.29, 1.82) is 0 Å². The highest BCUT2D eigenvalue weighted by atomic mass is 19.1. The number of aromatic nitrogens is 4. The van der Waals surface area contributed by atoms with E-state index in [0.717, 1.165) is 25.0 Å². The predicted molar refractivity (Wildman–Crippen MR) is 94.1 cm³/mol. The van der Waals surface area contributed by atoms with Crippen molar-refractivity contribution in [3.8, 4) is 11.6 Å². The Hall–Kier alpha value is -3.16. The van der Waals surface area contributed by atoms with Crippen molar-refractivity contribution >= 4 is 5.91 Å². The highest BCUT2D eigenvalue weighted by molar-refractivity contribution is 5.94. The fourth-order valence-corrected chi connectivity index (χ4v) is 3.17. The molecule has 27 heavy (non-hydrogen) atoms. The number of aryl methyl sites for hydroxylation is 1. The van der Waals surface area contributed by atoms with Crippen LogP contribution in [0.5, 0.6) is 0 Å². The topological polar surface area (TPSA) is 85.0 Å². The number of carbonyl (C=O) groups is 1. The van der Waals surface area contributed by atoms with E-state index >= 15 is 0 Å². The quantitative estimate of drug-likeness (QED) is 0.706. The minimum absolute atomic E-state index is 0.172. The number of hydrogen-bond donors (Lipinski definition) is 0. The summed E-state index contributed by atoms with van der Waals surface area (Å²) in [5.74, 6) is 0.108. The Bertz CT molecular complexity index is 939. The van der Waals surface area contributed by atoms with Crippen LogP contribution in [0.15, 0.2) is 41.1 Å². The average molecular weight is 367 g/mol. The van der Waals surface area contributed by atoms with E-state index in [1.54, 1.807) is 17.3 Å². The van der Waals surface area contributed by atoms with E-state index in [9.17, 15) is 9.18 Å². The first-order chi connectivity index (χ1) is 13.1. The van der Waals surface area contributed by atoms with Gasteiger partial charge in [-0.15, -0.1) is 10.2 Å². The van der Waals surface area contributed by atoms with Gasteiger partial charge >= 0.3 is 0 Å². The van der Waals surface area contributed by atoms with E-state index in [2.05, 4.69) is 20.2 Å². The third kappa shape index (κ3) is 3.55. The third-order valence-corrected chi connectivity index (χ3v) is 4.58. The van der Waals surface area contributed by atoms with Crippen LogP contribution < -0.4 is 0 Å². The molecule has 4 rings (SSSR count). The van der Waals surface area contributed by atoms with Gasteiger partial charge in [-0.25, -0.2) is 9.37 Å². The Balaban J connectivity index is 1.60. The molecule has 1 fully saturated rings. The first-order valence-electron chi connectivity index (χ1n) is 8.81. The molecule has 1 aliphatic heterocycles. The van der Waals surface area contributed by atoms with Gasteiger partial charge < -0.3 is 9.32 Å². The SMILES string of the molecule is Cc1cnc(-c2nnc(C3CCCCN3C(=O)c3ccc(F)cc3)o2)cn1. The van der Waals surface area contributed by atoms with Gasteiger partial charge in [-0.1, -0.05) is 0 Å². The molecule has 1 unspecified atom stereocenters. The number of benzene rings is 1. The maximum atomic E-state index is 13.2. The van der Waals surface area contributed by atoms with Crippen LogP contribution in [-0.2, 0) is 0 Å². The second kappa shape index (κ2) is 7.22. The molecule has 1 aliphatic rings. The minimum atomic E-state index is -0.373. The fraction of sp³-hybridized carbons (Fsp3) is 0.316. The molecule has 0 saturated carbocycles. The Morgan fingerprint density at radius 2 is 1.96 bits per heavy atom. The van der Waals surface area contributed by atoms with Gasteiger partial charge in [0.2, 0.25) is 5.89 Å². The van der Waals surface area contributed by atoms with Crippen molar-refractivity contribution < 1.29 is 13.6 Å². The van der Waals surface area contributed by atoms with Crippen LogP contribution in [0, 0.1) is 12.7 Å². The van der Waals surface area contributed by atoms with Crippen LogP contribution in [-0.4, -0.2) is 37.5 Å². The van der Waals surface area contributed by atoms with Gasteiger partial charge in [0.15, 0.2) is 0 Å². The van der Waals surface area contributed by atoms with E-state index in [-0.39, 0.29) is 23.7 Å². The molecule has 0 N–H and O–H groups in total. The number of likely N-dealkylation sites (tertiary alicyclic amines) is 1. The highest BCUT2D eigenvalue weighted by Crippen LogP contribution is 2.32. The fourth-order valence-electron chi connectivity index (χ4n) is 3.17. The molecule has 138 valence electrons. The van der Waals surface area contributed by atoms with Crippen molar-refractivity contribution in [2.75, 3.05) is 6.54 Å². The molecular weight excluding hydrogens is 349 g/mol. The number of rotatable bonds is 3. The molecule has 1 amide bonds. The zero-order chi connectivity index (χ0) is 18.8. The van der Waals surface area contributed by atoms with Crippen LogP contribution in [0.25, 0.3) is 11.6 Å². The highest BCUT2D eigenvalue weighted by Gasteiger charge is 2.32. The molecule has 2 aromatic heterocycles. The summed E-state index contributed by atoms with van der Waals surface area (Å²) in [6.07, 6.45) is 5.79. The second-order valence-electron chi connectivity index (χ2n) is 6.51. The number of halogens is 1. The number of amides is 1. The van der Waals surface area contributed by atoms with Gasteiger partial charge in [0, 0.05) is 18.3 Å². The van der Waals surface area contributed by atoms with Crippen molar-refractivity contribution in [3.05, 3.63) is 59.6 Å². The van der Waals surface area contributed by atoms with Crippen molar-refractivity contribution in [2.24, 2.45) is 0 Å². The van der Waals surface area contributed by atoms with E-state index in [1.807, 2.05) is 6.92 Å². The van der Waals surface area contributed by atoms with Crippen LogP contribution in [0.2, 0.25) is 0 Å². The van der Waals surface area contributed by atoms with Crippen LogP contribution in [0.3, 0.4) is 0 Å². The van der Waals surface area contributed by atoms with E-state index in [4.69, 9.17) is 4.42 Å². The van der Waals surface area contributed by atoms with Crippen molar-refractivity contribution in [3.63, 3.8) is 0 Å². The maximum absolute atomic E-state index is 13.2. The minimum Gasteiger partial charge on any atom is -0.417 e. The smallest absolute Gasteiger partial charge is 0.267 e. The maximum Gasteiger partial charge on any atom is 0.267 e. The molecule has 3 aromatic rings. The Morgan fingerprint density at radius 3 is 2.70 bits per heavy atom. The largest absolute Gasteiger partial charge is 0.417 e. The lowest BCUT2D eigenvalue weighted by molar-refractivity contribution is 0.0572. The first-order valence-corrected chi connectivity index (χ1v) is 8.81. The summed E-state index contributed by atoms with van der Waals surface area (Å²) in [7, 11) is 0. The molecule has 0 radical (unpaired) electrons. The van der Waals surface area contributed by atoms with E-state index in [0.29, 0.717) is 23.7 Å². The molecule has 1 atom stereocenters. The standard InChI is InChI=1S/C19H18FN5O2/c1-12-10-22-15(11-21-12)17-23-24-18(27-17)16-4-2-3-9-25(16)19(26)13-5-7-14(20)8-6-13/h5-8,10-11,16H,2-4,9H2,1H3. The molecule has 0 aliphatic carbocycles. The van der Waals surface area contributed by atoms with Crippen LogP contribution in [0.4, 0.5) is 4.39 Å². The Labute approximate surface area is 155 Å². The summed E-state index contributed by atoms with van der Waals surface area (Å²) in [5.41, 5.74) is 1.72. The van der Waals surface area contributed by atoms with Gasteiger partial charge in [-0.2, -0.15) is 0 Å². The first kappa shape index (κ1) is 17.3. The summed E-state index contributed by atoms with van der Waals surface area (Å²) < 4.78 is 19.0. The van der Waals surface area contributed by atoms with E-state index in [1.165, 1.54) is 24.3 Å². The zero-order valence-corrected chi connectivity index (χ0v) is 14.8. The van der Waals surface area contributed by atoms with Crippen LogP contribution >= 0.6 is 0 Å². The lowest BCUT2D eigenvalue weighted by Crippen LogP contribution is -2.38. The van der Waals surface area contributed by atoms with Gasteiger partial charge in [0.1, 0.15) is 17.6 Å². The van der Waals surface area contributed by atoms with Gasteiger partial charge in [-0.05, 0) is 50.5 Å². The molecule has 1 aromatic carbocycles. The monoisotopic (exact) mass is 367 g/mol. The number of piperidine rings is 1. The lowest BCUT2D eigenvalue weighted by Gasteiger charge is -2.33. The second-order valence-corrected chi connectivity index (χ2v) is 6.51. The molecule has 1 saturated heterocycles. The summed E-state index contributed by atoms with van der Waals surface area (Å²) in [4.78, 5) is 23.0. The molecule has 0 bridgehead atoms. The summed E-state index contributed by atoms with van der Waals surface area (Å²) in [6.45, 7) is 2.43. The molecule has 0 spiro atoms. The summed E-state index contributed by atoms with van der Waals surface area (Å²) in [5, 5.41) is 8.20. The van der Waals surface area contributed by atoms with Gasteiger partial charge in [-0.3, -0.25) is 9.78 Å². The van der Waals surface area contributed by atoms with Crippen LogP contribution in [0.1, 0.15) is 47.2 Å². The number of carbonyl (C=O) groups excluding carboxylic acids is 1. The molecule has 7 nitrogen and oxygen atoms in total. The number of nitrogens with zero attached hydrogens (tertiary/aromatic N) is 5. The summed E-state index contributed by atoms with van der Waals surface area (Å²) in [6, 6.07) is 5.24. The zero-order valence-electron chi connectivity index (χ0n) is 14.8. The van der Waals surface area contributed by atoms with Crippen molar-refractivity contribution in [2.45, 2.75) is 32.2 Å². The van der Waals surface area contributed by atoms with Crippen molar-refractivity contribution in [1.82, 2.24) is 25.1 Å². The van der Waals surface area contributed by atoms with Gasteiger partial charge in [0.25, 0.3) is 11.8 Å². The normalized spacial score (nSPS) is 17.1. The molecular formula is C19H18FN5O2. The third-order valence-electron chi connectivity index (χ3n) is 4.58. The molecule has 3 heterocycles. The Morgan fingerprint density at radius 1 is 1.15 bits per heavy atom. The predicted octanol–water partition coefficient (Wildman–Crippen LogP) is 3.34. The molecule has 8 heteroatoms. The van der Waals surface area contributed by atoms with E-state index < -0.39 is 0 Å². The van der Waals surface area contributed by atoms with Gasteiger partial charge in [0.05, 0.1) is 11.9 Å².